The van der Waals surface area contributed by atoms with Gasteiger partial charge in [0.05, 0.1) is 0 Å². The summed E-state index contributed by atoms with van der Waals surface area (Å²) < 4.78 is 0. The molecule has 0 rings (SSSR count). The van der Waals surface area contributed by atoms with Gasteiger partial charge >= 0.3 is 0 Å². The maximum Gasteiger partial charge on any atom is 0.0109 e. The van der Waals surface area contributed by atoms with Gasteiger partial charge in [0.25, 0.3) is 0 Å². The average molecular weight is 174 g/mol. The zero-order chi connectivity index (χ0) is 7.82. The van der Waals surface area contributed by atoms with Gasteiger partial charge in [-0.05, 0) is 12.8 Å². The van der Waals surface area contributed by atoms with E-state index in [2.05, 4.69) is 13.2 Å². The number of nitrogens with two attached hydrogens (primary N) is 1. The van der Waals surface area contributed by atoms with Crippen LogP contribution in [-0.2, 0) is 0 Å². The topological polar surface area (TPSA) is 26.0 Å². The monoisotopic (exact) mass is 173 g/mol. The summed E-state index contributed by atoms with van der Waals surface area (Å²) in [5.41, 5.74) is 6.64. The molecule has 0 radical (unpaired) electrons. The van der Waals surface area contributed by atoms with E-state index >= 15 is 0 Å². The fraction of sp³-hybridized carbons (Fsp3) is 0.333. The molecule has 0 unspecified atom stereocenters. The zero-order valence-electron chi connectivity index (χ0n) is 6.75. The van der Waals surface area contributed by atoms with Crippen LogP contribution in [0.3, 0.4) is 0 Å². The van der Waals surface area contributed by atoms with Gasteiger partial charge < -0.3 is 5.73 Å². The number of allylic oxidation sites excluding steroid dienone is 3. The number of halogens is 1. The molecular formula is C9H16ClN. The molecule has 0 aliphatic carbocycles. The summed E-state index contributed by atoms with van der Waals surface area (Å²) in [5.74, 6) is 0. The molecule has 0 bridgehead atoms. The second-order valence-electron chi connectivity index (χ2n) is 2.08. The van der Waals surface area contributed by atoms with E-state index in [1.54, 1.807) is 0 Å². The van der Waals surface area contributed by atoms with Crippen molar-refractivity contribution in [1.29, 1.82) is 0 Å². The standard InChI is InChI=1S/C9H15N.ClH/c1-3-5-9(6-4-2)7-8-10;/h3-4,7H,1-2,5-6,8,10H2;1H. The van der Waals surface area contributed by atoms with Crippen LogP contribution in [0.1, 0.15) is 12.8 Å². The van der Waals surface area contributed by atoms with E-state index in [-0.39, 0.29) is 12.4 Å². The molecule has 0 aliphatic heterocycles. The van der Waals surface area contributed by atoms with Gasteiger partial charge in [0.15, 0.2) is 0 Å². The van der Waals surface area contributed by atoms with Crippen LogP contribution in [0.15, 0.2) is 37.0 Å². The molecule has 0 aromatic carbocycles. The third-order valence-electron chi connectivity index (χ3n) is 1.22. The maximum atomic E-state index is 5.34. The smallest absolute Gasteiger partial charge is 0.0109 e. The summed E-state index contributed by atoms with van der Waals surface area (Å²) in [6.07, 6.45) is 7.62. The molecule has 2 N–H and O–H groups in total. The molecule has 11 heavy (non-hydrogen) atoms. The first kappa shape index (κ1) is 13.1. The van der Waals surface area contributed by atoms with Crippen LogP contribution in [0, 0.1) is 0 Å². The molecule has 0 fully saturated rings. The molecule has 0 aromatic heterocycles. The summed E-state index contributed by atoms with van der Waals surface area (Å²) in [5, 5.41) is 0. The van der Waals surface area contributed by atoms with Crippen molar-refractivity contribution in [1.82, 2.24) is 0 Å². The van der Waals surface area contributed by atoms with Crippen molar-refractivity contribution in [3.63, 3.8) is 0 Å². The molecular weight excluding hydrogens is 158 g/mol. The largest absolute Gasteiger partial charge is 0.327 e. The van der Waals surface area contributed by atoms with Crippen molar-refractivity contribution in [3.8, 4) is 0 Å². The normalized spacial score (nSPS) is 7.73. The van der Waals surface area contributed by atoms with Crippen LogP contribution in [0.4, 0.5) is 0 Å². The third kappa shape index (κ3) is 7.37. The van der Waals surface area contributed by atoms with E-state index in [0.717, 1.165) is 12.8 Å². The molecule has 0 aromatic rings. The van der Waals surface area contributed by atoms with Gasteiger partial charge in [-0.25, -0.2) is 0 Å². The highest BCUT2D eigenvalue weighted by atomic mass is 35.5. The Hall–Kier alpha value is -0.530. The van der Waals surface area contributed by atoms with Gasteiger partial charge in [-0.15, -0.1) is 25.6 Å². The quantitative estimate of drug-likeness (QED) is 0.636. The van der Waals surface area contributed by atoms with Gasteiger partial charge in [-0.2, -0.15) is 0 Å². The summed E-state index contributed by atoms with van der Waals surface area (Å²) in [6.45, 7) is 7.91. The minimum absolute atomic E-state index is 0. The van der Waals surface area contributed by atoms with Crippen LogP contribution in [0.25, 0.3) is 0 Å². The van der Waals surface area contributed by atoms with Crippen LogP contribution >= 0.6 is 12.4 Å². The second-order valence-corrected chi connectivity index (χ2v) is 2.08. The molecule has 0 saturated carbocycles. The predicted octanol–water partition coefficient (Wildman–Crippen LogP) is 2.45. The first-order chi connectivity index (χ1) is 4.85. The van der Waals surface area contributed by atoms with Crippen LogP contribution in [0.5, 0.6) is 0 Å². The van der Waals surface area contributed by atoms with E-state index in [4.69, 9.17) is 5.73 Å². The Morgan fingerprint density at radius 3 is 1.91 bits per heavy atom. The van der Waals surface area contributed by atoms with Gasteiger partial charge in [-0.1, -0.05) is 23.8 Å². The van der Waals surface area contributed by atoms with Gasteiger partial charge in [0.1, 0.15) is 0 Å². The van der Waals surface area contributed by atoms with Crippen LogP contribution in [-0.4, -0.2) is 6.54 Å². The molecule has 0 aliphatic rings. The van der Waals surface area contributed by atoms with Crippen LogP contribution < -0.4 is 5.73 Å². The van der Waals surface area contributed by atoms with E-state index in [1.807, 2.05) is 18.2 Å². The van der Waals surface area contributed by atoms with E-state index in [1.165, 1.54) is 5.57 Å². The molecule has 0 heterocycles. The number of rotatable bonds is 5. The molecule has 0 atom stereocenters. The van der Waals surface area contributed by atoms with Crippen LogP contribution in [0.2, 0.25) is 0 Å². The lowest BCUT2D eigenvalue weighted by Crippen LogP contribution is -1.95. The Bertz CT molecular complexity index is 126. The summed E-state index contributed by atoms with van der Waals surface area (Å²) in [7, 11) is 0. The Kier molecular flexibility index (Phi) is 11.3. The average Bonchev–Trinajstić information content (AvgIpc) is 1.90. The maximum absolute atomic E-state index is 5.34. The Balaban J connectivity index is 0. The number of hydrogen-bond acceptors (Lipinski definition) is 1. The minimum Gasteiger partial charge on any atom is -0.327 e. The highest BCUT2D eigenvalue weighted by Crippen LogP contribution is 2.06. The first-order valence-corrected chi connectivity index (χ1v) is 3.45. The SMILES string of the molecule is C=CCC(=CCN)CC=C.Cl. The fourth-order valence-corrected chi connectivity index (χ4v) is 0.787. The van der Waals surface area contributed by atoms with E-state index in [0.29, 0.717) is 6.54 Å². The Morgan fingerprint density at radius 2 is 1.64 bits per heavy atom. The summed E-state index contributed by atoms with van der Waals surface area (Å²) >= 11 is 0. The van der Waals surface area contributed by atoms with Crippen molar-refractivity contribution in [2.75, 3.05) is 6.54 Å². The second kappa shape index (κ2) is 9.47. The van der Waals surface area contributed by atoms with Gasteiger partial charge in [0.2, 0.25) is 0 Å². The molecule has 64 valence electrons. The zero-order valence-corrected chi connectivity index (χ0v) is 7.57. The lowest BCUT2D eigenvalue weighted by molar-refractivity contribution is 1.07. The van der Waals surface area contributed by atoms with Crippen molar-refractivity contribution in [3.05, 3.63) is 37.0 Å². The molecule has 1 nitrogen and oxygen atoms in total. The Labute approximate surface area is 75.1 Å². The molecule has 0 spiro atoms. The first-order valence-electron chi connectivity index (χ1n) is 3.45. The lowest BCUT2D eigenvalue weighted by Gasteiger charge is -1.97. The Morgan fingerprint density at radius 1 is 1.18 bits per heavy atom. The fourth-order valence-electron chi connectivity index (χ4n) is 0.787. The van der Waals surface area contributed by atoms with E-state index < -0.39 is 0 Å². The van der Waals surface area contributed by atoms with Crippen molar-refractivity contribution < 1.29 is 0 Å². The summed E-state index contributed by atoms with van der Waals surface area (Å²) in [6, 6.07) is 0. The molecule has 0 saturated heterocycles. The highest BCUT2D eigenvalue weighted by molar-refractivity contribution is 5.85. The number of hydrogen-bond donors (Lipinski definition) is 1. The van der Waals surface area contributed by atoms with Gasteiger partial charge in [0, 0.05) is 6.54 Å². The summed E-state index contributed by atoms with van der Waals surface area (Å²) in [4.78, 5) is 0. The lowest BCUT2D eigenvalue weighted by atomic mass is 10.1. The third-order valence-corrected chi connectivity index (χ3v) is 1.22. The molecule has 0 amide bonds. The van der Waals surface area contributed by atoms with Crippen molar-refractivity contribution >= 4 is 12.4 Å². The highest BCUT2D eigenvalue weighted by Gasteiger charge is 1.88. The van der Waals surface area contributed by atoms with E-state index in [9.17, 15) is 0 Å². The molecule has 2 heteroatoms. The predicted molar refractivity (Wildman–Crippen MR) is 54.0 cm³/mol. The minimum atomic E-state index is 0. The van der Waals surface area contributed by atoms with Crippen molar-refractivity contribution in [2.24, 2.45) is 5.73 Å². The van der Waals surface area contributed by atoms with Crippen molar-refractivity contribution in [2.45, 2.75) is 12.8 Å². The van der Waals surface area contributed by atoms with Gasteiger partial charge in [-0.3, -0.25) is 0 Å².